The molecule has 0 unspecified atom stereocenters. The Morgan fingerprint density at radius 2 is 2.20 bits per heavy atom. The Labute approximate surface area is 123 Å². The van der Waals surface area contributed by atoms with Crippen molar-refractivity contribution in [1.29, 1.82) is 0 Å². The number of aromatic amines is 1. The molecular formula is C17H29N3. The average Bonchev–Trinajstić information content (AvgIpc) is 3.23. The topological polar surface area (TPSA) is 31.9 Å². The summed E-state index contributed by atoms with van der Waals surface area (Å²) in [6.45, 7) is 8.28. The summed E-state index contributed by atoms with van der Waals surface area (Å²) < 4.78 is 0. The van der Waals surface area contributed by atoms with Gasteiger partial charge in [-0.15, -0.1) is 0 Å². The summed E-state index contributed by atoms with van der Waals surface area (Å²) in [5.41, 5.74) is 4.36. The standard InChI is InChI=1S/C17H29N3/c1-3-5-6-13(4-2)11-20-10-9-16-15(12-20)17(19-18-16)14-7-8-14/h13-14H,3-12H2,1-2H3,(H,18,19)/t13-/m1/s1. The Balaban J connectivity index is 1.60. The molecule has 1 N–H and O–H groups in total. The number of nitrogens with zero attached hydrogens (tertiary/aromatic N) is 2. The highest BCUT2D eigenvalue weighted by atomic mass is 15.2. The summed E-state index contributed by atoms with van der Waals surface area (Å²) in [7, 11) is 0. The number of aromatic nitrogens is 2. The van der Waals surface area contributed by atoms with Crippen molar-refractivity contribution in [3.8, 4) is 0 Å². The summed E-state index contributed by atoms with van der Waals surface area (Å²) in [6, 6.07) is 0. The molecule has 0 saturated heterocycles. The van der Waals surface area contributed by atoms with E-state index in [2.05, 4.69) is 28.9 Å². The molecule has 1 aliphatic heterocycles. The minimum absolute atomic E-state index is 0.775. The maximum Gasteiger partial charge on any atom is 0.0700 e. The van der Waals surface area contributed by atoms with E-state index in [0.29, 0.717) is 0 Å². The first-order valence-corrected chi connectivity index (χ1v) is 8.60. The van der Waals surface area contributed by atoms with Crippen molar-refractivity contribution >= 4 is 0 Å². The van der Waals surface area contributed by atoms with Crippen molar-refractivity contribution in [3.05, 3.63) is 17.0 Å². The van der Waals surface area contributed by atoms with Gasteiger partial charge in [0.05, 0.1) is 5.69 Å². The number of nitrogens with one attached hydrogen (secondary N) is 1. The highest BCUT2D eigenvalue weighted by Crippen LogP contribution is 2.42. The first-order valence-electron chi connectivity index (χ1n) is 8.60. The third-order valence-corrected chi connectivity index (χ3v) is 5.07. The van der Waals surface area contributed by atoms with Gasteiger partial charge in [0.2, 0.25) is 0 Å². The second kappa shape index (κ2) is 6.30. The fourth-order valence-corrected chi connectivity index (χ4v) is 3.51. The number of rotatable bonds is 7. The summed E-state index contributed by atoms with van der Waals surface area (Å²) in [4.78, 5) is 2.67. The van der Waals surface area contributed by atoms with Crippen molar-refractivity contribution < 1.29 is 0 Å². The summed E-state index contributed by atoms with van der Waals surface area (Å²) in [5, 5.41) is 7.88. The predicted octanol–water partition coefficient (Wildman–Crippen LogP) is 3.86. The largest absolute Gasteiger partial charge is 0.298 e. The maximum atomic E-state index is 4.59. The number of fused-ring (bicyclic) bond motifs is 1. The smallest absolute Gasteiger partial charge is 0.0700 e. The van der Waals surface area contributed by atoms with Crippen molar-refractivity contribution in [2.45, 2.75) is 71.3 Å². The van der Waals surface area contributed by atoms with E-state index in [1.165, 1.54) is 69.4 Å². The predicted molar refractivity (Wildman–Crippen MR) is 82.8 cm³/mol. The molecule has 0 bridgehead atoms. The van der Waals surface area contributed by atoms with Gasteiger partial charge in [0.1, 0.15) is 0 Å². The van der Waals surface area contributed by atoms with Crippen LogP contribution in [0.1, 0.15) is 75.2 Å². The molecule has 1 aliphatic carbocycles. The van der Waals surface area contributed by atoms with Crippen LogP contribution in [0.25, 0.3) is 0 Å². The molecule has 0 amide bonds. The van der Waals surface area contributed by atoms with Gasteiger partial charge < -0.3 is 0 Å². The zero-order valence-electron chi connectivity index (χ0n) is 13.1. The van der Waals surface area contributed by atoms with Crippen LogP contribution >= 0.6 is 0 Å². The number of hydrogen-bond donors (Lipinski definition) is 1. The molecule has 112 valence electrons. The van der Waals surface area contributed by atoms with Crippen molar-refractivity contribution in [2.24, 2.45) is 5.92 Å². The molecule has 20 heavy (non-hydrogen) atoms. The molecule has 3 heteroatoms. The molecule has 0 aromatic carbocycles. The first-order chi connectivity index (χ1) is 9.81. The lowest BCUT2D eigenvalue weighted by Crippen LogP contribution is -2.34. The van der Waals surface area contributed by atoms with Crippen LogP contribution in [0.2, 0.25) is 0 Å². The van der Waals surface area contributed by atoms with E-state index in [4.69, 9.17) is 0 Å². The fourth-order valence-electron chi connectivity index (χ4n) is 3.51. The first kappa shape index (κ1) is 14.1. The Hall–Kier alpha value is -0.830. The molecule has 1 aromatic heterocycles. The zero-order chi connectivity index (χ0) is 13.9. The van der Waals surface area contributed by atoms with E-state index < -0.39 is 0 Å². The summed E-state index contributed by atoms with van der Waals surface area (Å²) in [5.74, 6) is 1.66. The molecule has 1 saturated carbocycles. The molecule has 0 spiro atoms. The molecule has 3 nitrogen and oxygen atoms in total. The SMILES string of the molecule is CCCC[C@@H](CC)CN1CCc2[nH]nc(C3CC3)c2C1. The Morgan fingerprint density at radius 1 is 1.35 bits per heavy atom. The highest BCUT2D eigenvalue weighted by Gasteiger charge is 2.32. The second-order valence-corrected chi connectivity index (χ2v) is 6.74. The van der Waals surface area contributed by atoms with Crippen LogP contribution in [0.3, 0.4) is 0 Å². The number of hydrogen-bond acceptors (Lipinski definition) is 2. The van der Waals surface area contributed by atoms with Gasteiger partial charge >= 0.3 is 0 Å². The van der Waals surface area contributed by atoms with Crippen molar-refractivity contribution in [1.82, 2.24) is 15.1 Å². The van der Waals surface area contributed by atoms with Crippen LogP contribution < -0.4 is 0 Å². The van der Waals surface area contributed by atoms with Crippen molar-refractivity contribution in [2.75, 3.05) is 13.1 Å². The van der Waals surface area contributed by atoms with E-state index in [9.17, 15) is 0 Å². The third-order valence-electron chi connectivity index (χ3n) is 5.07. The Morgan fingerprint density at radius 3 is 2.90 bits per heavy atom. The maximum absolute atomic E-state index is 4.59. The number of unbranched alkanes of at least 4 members (excludes halogenated alkanes) is 1. The monoisotopic (exact) mass is 275 g/mol. The highest BCUT2D eigenvalue weighted by molar-refractivity contribution is 5.32. The van der Waals surface area contributed by atoms with Crippen LogP contribution in [-0.2, 0) is 13.0 Å². The van der Waals surface area contributed by atoms with Gasteiger partial charge in [-0.3, -0.25) is 10.00 Å². The van der Waals surface area contributed by atoms with Gasteiger partial charge in [-0.25, -0.2) is 0 Å². The Bertz CT molecular complexity index is 433. The van der Waals surface area contributed by atoms with Gasteiger partial charge in [-0.05, 0) is 25.2 Å². The quantitative estimate of drug-likeness (QED) is 0.819. The second-order valence-electron chi connectivity index (χ2n) is 6.74. The minimum Gasteiger partial charge on any atom is -0.298 e. The van der Waals surface area contributed by atoms with Crippen LogP contribution in [-0.4, -0.2) is 28.2 Å². The molecule has 1 atom stereocenters. The van der Waals surface area contributed by atoms with Crippen LogP contribution in [0.4, 0.5) is 0 Å². The van der Waals surface area contributed by atoms with Crippen molar-refractivity contribution in [3.63, 3.8) is 0 Å². The van der Waals surface area contributed by atoms with E-state index in [1.54, 1.807) is 5.56 Å². The van der Waals surface area contributed by atoms with Gasteiger partial charge in [0.15, 0.2) is 0 Å². The molecule has 1 fully saturated rings. The molecular weight excluding hydrogens is 246 g/mol. The van der Waals surface area contributed by atoms with Gasteiger partial charge in [-0.1, -0.05) is 33.1 Å². The zero-order valence-corrected chi connectivity index (χ0v) is 13.1. The van der Waals surface area contributed by atoms with Crippen LogP contribution in [0.15, 0.2) is 0 Å². The molecule has 0 radical (unpaired) electrons. The van der Waals surface area contributed by atoms with E-state index in [1.807, 2.05) is 0 Å². The lowest BCUT2D eigenvalue weighted by molar-refractivity contribution is 0.202. The van der Waals surface area contributed by atoms with Gasteiger partial charge in [0.25, 0.3) is 0 Å². The lowest BCUT2D eigenvalue weighted by Gasteiger charge is -2.30. The molecule has 2 aliphatic rings. The van der Waals surface area contributed by atoms with Gasteiger partial charge in [-0.2, -0.15) is 5.10 Å². The van der Waals surface area contributed by atoms with Crippen LogP contribution in [0.5, 0.6) is 0 Å². The molecule has 2 heterocycles. The number of H-pyrrole nitrogens is 1. The minimum atomic E-state index is 0.775. The average molecular weight is 275 g/mol. The summed E-state index contributed by atoms with van der Waals surface area (Å²) in [6.07, 6.45) is 9.31. The van der Waals surface area contributed by atoms with E-state index >= 15 is 0 Å². The summed E-state index contributed by atoms with van der Waals surface area (Å²) >= 11 is 0. The lowest BCUT2D eigenvalue weighted by atomic mass is 9.96. The normalized spacial score (nSPS) is 20.9. The Kier molecular flexibility index (Phi) is 4.45. The van der Waals surface area contributed by atoms with Crippen LogP contribution in [0, 0.1) is 5.92 Å². The molecule has 1 aromatic rings. The van der Waals surface area contributed by atoms with E-state index in [0.717, 1.165) is 18.4 Å². The fraction of sp³-hybridized carbons (Fsp3) is 0.824. The van der Waals surface area contributed by atoms with E-state index in [-0.39, 0.29) is 0 Å². The molecule has 3 rings (SSSR count). The van der Waals surface area contributed by atoms with Gasteiger partial charge in [0, 0.05) is 43.2 Å². The third kappa shape index (κ3) is 3.08.